The summed E-state index contributed by atoms with van der Waals surface area (Å²) in [6, 6.07) is 0. The monoisotopic (exact) mass is 218 g/mol. The second-order valence-electron chi connectivity index (χ2n) is 3.60. The van der Waals surface area contributed by atoms with Gasteiger partial charge in [-0.1, -0.05) is 24.9 Å². The molecule has 0 saturated heterocycles. The second kappa shape index (κ2) is 5.34. The molecule has 0 atom stereocenters. The molecule has 2 aromatic heterocycles. The third kappa shape index (κ3) is 2.62. The number of aromatic nitrogens is 4. The number of aryl methyl sites for hydroxylation is 1. The average molecular weight is 218 g/mol. The molecule has 2 rings (SSSR count). The van der Waals surface area contributed by atoms with Gasteiger partial charge in [-0.3, -0.25) is 0 Å². The van der Waals surface area contributed by atoms with Crippen LogP contribution in [-0.2, 0) is 6.42 Å². The molecule has 84 valence electrons. The molecule has 0 bridgehead atoms. The van der Waals surface area contributed by atoms with Gasteiger partial charge in [-0.2, -0.15) is 4.98 Å². The zero-order valence-corrected chi connectivity index (χ0v) is 9.26. The van der Waals surface area contributed by atoms with Crippen molar-refractivity contribution in [2.24, 2.45) is 0 Å². The van der Waals surface area contributed by atoms with Gasteiger partial charge < -0.3 is 4.52 Å². The minimum atomic E-state index is 0.562. The number of hydrogen-bond acceptors (Lipinski definition) is 5. The molecular formula is C11H14N4O. The highest BCUT2D eigenvalue weighted by molar-refractivity contribution is 5.50. The maximum Gasteiger partial charge on any atom is 0.226 e. The lowest BCUT2D eigenvalue weighted by molar-refractivity contribution is 0.374. The highest BCUT2D eigenvalue weighted by Crippen LogP contribution is 2.13. The molecule has 0 aliphatic carbocycles. The highest BCUT2D eigenvalue weighted by Gasteiger charge is 2.08. The summed E-state index contributed by atoms with van der Waals surface area (Å²) in [5, 5.41) is 3.90. The molecule has 0 aliphatic heterocycles. The van der Waals surface area contributed by atoms with Gasteiger partial charge in [0.1, 0.15) is 6.33 Å². The average Bonchev–Trinajstić information content (AvgIpc) is 2.79. The van der Waals surface area contributed by atoms with Crippen molar-refractivity contribution < 1.29 is 4.52 Å². The molecule has 2 aromatic rings. The first-order valence-electron chi connectivity index (χ1n) is 5.48. The third-order valence-electron chi connectivity index (χ3n) is 2.28. The maximum atomic E-state index is 5.15. The first kappa shape index (κ1) is 10.7. The molecular weight excluding hydrogens is 204 g/mol. The van der Waals surface area contributed by atoms with Crippen LogP contribution >= 0.6 is 0 Å². The normalized spacial score (nSPS) is 10.6. The number of rotatable bonds is 5. The molecule has 0 aromatic carbocycles. The molecule has 0 fully saturated rings. The molecule has 2 heterocycles. The Morgan fingerprint density at radius 2 is 2.00 bits per heavy atom. The van der Waals surface area contributed by atoms with Crippen LogP contribution in [-0.4, -0.2) is 20.1 Å². The van der Waals surface area contributed by atoms with E-state index in [-0.39, 0.29) is 0 Å². The van der Waals surface area contributed by atoms with Gasteiger partial charge >= 0.3 is 0 Å². The van der Waals surface area contributed by atoms with E-state index in [1.807, 2.05) is 0 Å². The summed E-state index contributed by atoms with van der Waals surface area (Å²) in [7, 11) is 0. The fourth-order valence-electron chi connectivity index (χ4n) is 1.41. The lowest BCUT2D eigenvalue weighted by Crippen LogP contribution is -1.87. The van der Waals surface area contributed by atoms with Crippen molar-refractivity contribution in [2.75, 3.05) is 0 Å². The molecule has 0 saturated carbocycles. The highest BCUT2D eigenvalue weighted by atomic mass is 16.5. The van der Waals surface area contributed by atoms with E-state index in [0.717, 1.165) is 18.4 Å². The Hall–Kier alpha value is -1.78. The van der Waals surface area contributed by atoms with Crippen molar-refractivity contribution in [3.05, 3.63) is 24.6 Å². The minimum absolute atomic E-state index is 0.562. The number of nitrogens with zero attached hydrogens (tertiary/aromatic N) is 4. The Morgan fingerprint density at radius 1 is 1.19 bits per heavy atom. The van der Waals surface area contributed by atoms with E-state index in [0.29, 0.717) is 11.7 Å². The lowest BCUT2D eigenvalue weighted by atomic mass is 10.2. The van der Waals surface area contributed by atoms with E-state index in [4.69, 9.17) is 4.52 Å². The fraction of sp³-hybridized carbons (Fsp3) is 0.455. The first-order valence-corrected chi connectivity index (χ1v) is 5.48. The van der Waals surface area contributed by atoms with Crippen molar-refractivity contribution >= 4 is 0 Å². The van der Waals surface area contributed by atoms with E-state index in [9.17, 15) is 0 Å². The van der Waals surface area contributed by atoms with Crippen molar-refractivity contribution in [2.45, 2.75) is 32.6 Å². The van der Waals surface area contributed by atoms with Crippen LogP contribution in [0, 0.1) is 0 Å². The molecule has 0 N–H and O–H groups in total. The topological polar surface area (TPSA) is 64.7 Å². The van der Waals surface area contributed by atoms with E-state index in [1.54, 1.807) is 12.4 Å². The fourth-order valence-corrected chi connectivity index (χ4v) is 1.41. The molecule has 5 nitrogen and oxygen atoms in total. The predicted octanol–water partition coefficient (Wildman–Crippen LogP) is 2.26. The van der Waals surface area contributed by atoms with Gasteiger partial charge in [-0.25, -0.2) is 9.97 Å². The summed E-state index contributed by atoms with van der Waals surface area (Å²) in [4.78, 5) is 12.1. The van der Waals surface area contributed by atoms with Crippen LogP contribution in [0.15, 0.2) is 23.2 Å². The molecule has 0 amide bonds. The van der Waals surface area contributed by atoms with Gasteiger partial charge in [-0.15, -0.1) is 0 Å². The van der Waals surface area contributed by atoms with Crippen molar-refractivity contribution in [1.82, 2.24) is 20.1 Å². The predicted molar refractivity (Wildman–Crippen MR) is 58.6 cm³/mol. The Bertz CT molecular complexity index is 427. The largest absolute Gasteiger partial charge is 0.339 e. The maximum absolute atomic E-state index is 5.15. The van der Waals surface area contributed by atoms with Gasteiger partial charge in [-0.05, 0) is 6.42 Å². The zero-order valence-electron chi connectivity index (χ0n) is 9.26. The van der Waals surface area contributed by atoms with Crippen molar-refractivity contribution in [3.63, 3.8) is 0 Å². The Labute approximate surface area is 93.9 Å². The van der Waals surface area contributed by atoms with Crippen molar-refractivity contribution in [1.29, 1.82) is 0 Å². The third-order valence-corrected chi connectivity index (χ3v) is 2.28. The SMILES string of the molecule is CCCCCc1nc(-c2cncnc2)no1. The Kier molecular flexibility index (Phi) is 3.58. The van der Waals surface area contributed by atoms with Gasteiger partial charge in [0, 0.05) is 18.8 Å². The van der Waals surface area contributed by atoms with Crippen LogP contribution in [0.2, 0.25) is 0 Å². The Morgan fingerprint density at radius 3 is 2.75 bits per heavy atom. The van der Waals surface area contributed by atoms with Gasteiger partial charge in [0.15, 0.2) is 0 Å². The van der Waals surface area contributed by atoms with Crippen LogP contribution in [0.1, 0.15) is 32.1 Å². The van der Waals surface area contributed by atoms with Crippen LogP contribution < -0.4 is 0 Å². The summed E-state index contributed by atoms with van der Waals surface area (Å²) in [5.41, 5.74) is 0.785. The molecule has 16 heavy (non-hydrogen) atoms. The van der Waals surface area contributed by atoms with Gasteiger partial charge in [0.25, 0.3) is 0 Å². The van der Waals surface area contributed by atoms with E-state index in [2.05, 4.69) is 27.0 Å². The molecule has 0 radical (unpaired) electrons. The zero-order chi connectivity index (χ0) is 11.2. The molecule has 0 spiro atoms. The summed E-state index contributed by atoms with van der Waals surface area (Å²) >= 11 is 0. The molecule has 5 heteroatoms. The number of hydrogen-bond donors (Lipinski definition) is 0. The summed E-state index contributed by atoms with van der Waals surface area (Å²) < 4.78 is 5.15. The van der Waals surface area contributed by atoms with Crippen LogP contribution in [0.4, 0.5) is 0 Å². The summed E-state index contributed by atoms with van der Waals surface area (Å²) in [6.07, 6.45) is 9.13. The summed E-state index contributed by atoms with van der Waals surface area (Å²) in [5.74, 6) is 1.25. The van der Waals surface area contributed by atoms with Crippen LogP contribution in [0.3, 0.4) is 0 Å². The second-order valence-corrected chi connectivity index (χ2v) is 3.60. The van der Waals surface area contributed by atoms with Crippen molar-refractivity contribution in [3.8, 4) is 11.4 Å². The quantitative estimate of drug-likeness (QED) is 0.720. The van der Waals surface area contributed by atoms with Crippen LogP contribution in [0.5, 0.6) is 0 Å². The smallest absolute Gasteiger partial charge is 0.226 e. The molecule has 0 unspecified atom stereocenters. The number of unbranched alkanes of at least 4 members (excludes halogenated alkanes) is 2. The van der Waals surface area contributed by atoms with E-state index >= 15 is 0 Å². The van der Waals surface area contributed by atoms with Crippen LogP contribution in [0.25, 0.3) is 11.4 Å². The minimum Gasteiger partial charge on any atom is -0.339 e. The standard InChI is InChI=1S/C11H14N4O/c1-2-3-4-5-10-14-11(15-16-10)9-6-12-8-13-7-9/h6-8H,2-5H2,1H3. The Balaban J connectivity index is 2.02. The molecule has 0 aliphatic rings. The first-order chi connectivity index (χ1) is 7.90. The van der Waals surface area contributed by atoms with E-state index < -0.39 is 0 Å². The van der Waals surface area contributed by atoms with Gasteiger partial charge in [0.2, 0.25) is 11.7 Å². The van der Waals surface area contributed by atoms with E-state index in [1.165, 1.54) is 19.2 Å². The summed E-state index contributed by atoms with van der Waals surface area (Å²) in [6.45, 7) is 2.17. The van der Waals surface area contributed by atoms with Gasteiger partial charge in [0.05, 0.1) is 5.56 Å². The lowest BCUT2D eigenvalue weighted by Gasteiger charge is -1.91.